The van der Waals surface area contributed by atoms with Crippen molar-refractivity contribution in [1.29, 1.82) is 0 Å². The normalized spacial score (nSPS) is 13.3. The Balaban J connectivity index is 2.18. The summed E-state index contributed by atoms with van der Waals surface area (Å²) in [6.07, 6.45) is 0.810. The van der Waals surface area contributed by atoms with Crippen molar-refractivity contribution >= 4 is 34.9 Å². The maximum absolute atomic E-state index is 12.3. The van der Waals surface area contributed by atoms with Gasteiger partial charge in [-0.25, -0.2) is 0 Å². The maximum atomic E-state index is 12.3. The highest BCUT2D eigenvalue weighted by molar-refractivity contribution is 7.71. The Bertz CT molecular complexity index is 887. The second kappa shape index (κ2) is 7.39. The van der Waals surface area contributed by atoms with Crippen molar-refractivity contribution in [1.82, 2.24) is 20.6 Å². The van der Waals surface area contributed by atoms with Crippen LogP contribution in [0.5, 0.6) is 0 Å². The minimum Gasteiger partial charge on any atom is -0.352 e. The van der Waals surface area contributed by atoms with Gasteiger partial charge in [0.05, 0.1) is 10.9 Å². The van der Waals surface area contributed by atoms with Gasteiger partial charge in [-0.15, -0.1) is 0 Å². The van der Waals surface area contributed by atoms with Gasteiger partial charge < -0.3 is 15.6 Å². The molecule has 4 N–H and O–H groups in total. The Hall–Kier alpha value is -2.48. The lowest BCUT2D eigenvalue weighted by molar-refractivity contribution is -0.123. The molecule has 0 aliphatic heterocycles. The number of fused-ring (bicyclic) bond motifs is 1. The van der Waals surface area contributed by atoms with E-state index >= 15 is 0 Å². The molecule has 2 rings (SSSR count). The monoisotopic (exact) mass is 348 g/mol. The predicted octanol–water partition coefficient (Wildman–Crippen LogP) is 1.62. The Morgan fingerprint density at radius 3 is 2.58 bits per heavy atom. The van der Waals surface area contributed by atoms with E-state index < -0.39 is 11.9 Å². The van der Waals surface area contributed by atoms with E-state index in [1.54, 1.807) is 6.92 Å². The van der Waals surface area contributed by atoms with Gasteiger partial charge in [-0.05, 0) is 50.7 Å². The second-order valence-electron chi connectivity index (χ2n) is 5.68. The number of aromatic nitrogens is 2. The molecular formula is C16H20N4O3S. The van der Waals surface area contributed by atoms with Crippen LogP contribution in [0.2, 0.25) is 0 Å². The number of benzene rings is 1. The van der Waals surface area contributed by atoms with Crippen LogP contribution in [0.4, 0.5) is 0 Å². The quantitative estimate of drug-likeness (QED) is 0.616. The van der Waals surface area contributed by atoms with Crippen LogP contribution >= 0.6 is 12.2 Å². The van der Waals surface area contributed by atoms with E-state index in [-0.39, 0.29) is 22.3 Å². The van der Waals surface area contributed by atoms with E-state index in [2.05, 4.69) is 20.6 Å². The second-order valence-corrected chi connectivity index (χ2v) is 6.09. The number of hydrogen-bond donors (Lipinski definition) is 4. The van der Waals surface area contributed by atoms with Gasteiger partial charge in [0, 0.05) is 11.6 Å². The van der Waals surface area contributed by atoms with Gasteiger partial charge >= 0.3 is 0 Å². The number of rotatable bonds is 5. The molecule has 1 aromatic heterocycles. The van der Waals surface area contributed by atoms with Crippen LogP contribution in [0.1, 0.15) is 37.6 Å². The highest BCUT2D eigenvalue weighted by atomic mass is 32.1. The molecule has 2 aromatic rings. The fourth-order valence-corrected chi connectivity index (χ4v) is 2.33. The van der Waals surface area contributed by atoms with Gasteiger partial charge in [0.15, 0.2) is 4.77 Å². The molecule has 2 amide bonds. The molecule has 24 heavy (non-hydrogen) atoms. The molecular weight excluding hydrogens is 328 g/mol. The molecule has 8 heteroatoms. The van der Waals surface area contributed by atoms with Gasteiger partial charge in [0.25, 0.3) is 11.5 Å². The minimum atomic E-state index is -0.667. The van der Waals surface area contributed by atoms with Crippen molar-refractivity contribution < 1.29 is 9.59 Å². The molecule has 0 bridgehead atoms. The van der Waals surface area contributed by atoms with Gasteiger partial charge in [0.1, 0.15) is 6.04 Å². The molecule has 0 spiro atoms. The molecule has 0 radical (unpaired) electrons. The summed E-state index contributed by atoms with van der Waals surface area (Å²) in [5, 5.41) is 5.86. The lowest BCUT2D eigenvalue weighted by Crippen LogP contribution is -2.47. The molecule has 0 aliphatic rings. The first-order chi connectivity index (χ1) is 11.3. The summed E-state index contributed by atoms with van der Waals surface area (Å²) in [4.78, 5) is 41.4. The lowest BCUT2D eigenvalue weighted by Gasteiger charge is -2.17. The van der Waals surface area contributed by atoms with E-state index in [0.717, 1.165) is 6.42 Å². The van der Waals surface area contributed by atoms with Gasteiger partial charge in [-0.3, -0.25) is 19.4 Å². The molecule has 0 saturated carbocycles. The van der Waals surface area contributed by atoms with Crippen molar-refractivity contribution in [3.05, 3.63) is 38.9 Å². The third-order valence-electron chi connectivity index (χ3n) is 3.74. The zero-order valence-electron chi connectivity index (χ0n) is 13.7. The largest absolute Gasteiger partial charge is 0.352 e. The summed E-state index contributed by atoms with van der Waals surface area (Å²) in [6.45, 7) is 5.49. The molecule has 128 valence electrons. The van der Waals surface area contributed by atoms with E-state index in [1.165, 1.54) is 18.2 Å². The summed E-state index contributed by atoms with van der Waals surface area (Å²) in [5.41, 5.74) is 0.483. The molecule has 2 atom stereocenters. The van der Waals surface area contributed by atoms with E-state index in [4.69, 9.17) is 12.2 Å². The number of aromatic amines is 2. The predicted molar refractivity (Wildman–Crippen MR) is 94.6 cm³/mol. The Morgan fingerprint density at radius 1 is 1.21 bits per heavy atom. The van der Waals surface area contributed by atoms with Crippen molar-refractivity contribution in [2.75, 3.05) is 0 Å². The van der Waals surface area contributed by atoms with Crippen molar-refractivity contribution in [2.45, 2.75) is 39.3 Å². The lowest BCUT2D eigenvalue weighted by atomic mass is 10.1. The number of hydrogen-bond acceptors (Lipinski definition) is 4. The number of H-pyrrole nitrogens is 2. The third-order valence-corrected chi connectivity index (χ3v) is 3.95. The highest BCUT2D eigenvalue weighted by Crippen LogP contribution is 2.10. The maximum Gasteiger partial charge on any atom is 0.259 e. The molecule has 0 aliphatic carbocycles. The molecule has 0 saturated heterocycles. The third kappa shape index (κ3) is 4.08. The van der Waals surface area contributed by atoms with Crippen LogP contribution in [0.25, 0.3) is 10.9 Å². The van der Waals surface area contributed by atoms with Crippen LogP contribution in [-0.2, 0) is 4.79 Å². The smallest absolute Gasteiger partial charge is 0.259 e. The number of carbonyl (C=O) groups is 2. The Morgan fingerprint density at radius 2 is 1.92 bits per heavy atom. The van der Waals surface area contributed by atoms with Crippen LogP contribution in [0.15, 0.2) is 23.0 Å². The Labute approximate surface area is 143 Å². The SMILES string of the molecule is CC[C@@H](C)NC(=O)[C@@H](C)NC(=O)c1ccc2c(=O)[nH]c(=S)[nH]c2c1. The van der Waals surface area contributed by atoms with Crippen molar-refractivity contribution in [3.63, 3.8) is 0 Å². The van der Waals surface area contributed by atoms with Crippen LogP contribution in [0, 0.1) is 4.77 Å². The van der Waals surface area contributed by atoms with Gasteiger partial charge in [-0.2, -0.15) is 0 Å². The van der Waals surface area contributed by atoms with E-state index in [9.17, 15) is 14.4 Å². The highest BCUT2D eigenvalue weighted by Gasteiger charge is 2.18. The van der Waals surface area contributed by atoms with Crippen LogP contribution in [-0.4, -0.2) is 33.9 Å². The average molecular weight is 348 g/mol. The first kappa shape index (κ1) is 17.9. The summed E-state index contributed by atoms with van der Waals surface area (Å²) in [6, 6.07) is 3.99. The molecule has 1 aromatic carbocycles. The summed E-state index contributed by atoms with van der Waals surface area (Å²) < 4.78 is 0.186. The number of carbonyl (C=O) groups excluding carboxylic acids is 2. The Kier molecular flexibility index (Phi) is 5.50. The van der Waals surface area contributed by atoms with Crippen molar-refractivity contribution in [2.24, 2.45) is 0 Å². The fraction of sp³-hybridized carbons (Fsp3) is 0.375. The molecule has 1 heterocycles. The van der Waals surface area contributed by atoms with E-state index in [1.807, 2.05) is 13.8 Å². The average Bonchev–Trinajstić information content (AvgIpc) is 2.53. The fourth-order valence-electron chi connectivity index (χ4n) is 2.13. The van der Waals surface area contributed by atoms with E-state index in [0.29, 0.717) is 16.5 Å². The molecule has 0 fully saturated rings. The summed E-state index contributed by atoms with van der Waals surface area (Å²) in [5.74, 6) is -0.641. The first-order valence-electron chi connectivity index (χ1n) is 7.69. The topological polar surface area (TPSA) is 107 Å². The first-order valence-corrected chi connectivity index (χ1v) is 8.10. The minimum absolute atomic E-state index is 0.0457. The van der Waals surface area contributed by atoms with Crippen molar-refractivity contribution in [3.8, 4) is 0 Å². The standard InChI is InChI=1S/C16H20N4O3S/c1-4-8(2)17-13(21)9(3)18-14(22)10-5-6-11-12(7-10)19-16(24)20-15(11)23/h5-9H,4H2,1-3H3,(H,17,21)(H,18,22)(H2,19,20,23,24)/t8-,9-/m1/s1. The molecule has 0 unspecified atom stereocenters. The summed E-state index contributed by atoms with van der Waals surface area (Å²) in [7, 11) is 0. The van der Waals surface area contributed by atoms with Gasteiger partial charge in [0.2, 0.25) is 5.91 Å². The zero-order valence-corrected chi connectivity index (χ0v) is 14.5. The summed E-state index contributed by atoms with van der Waals surface area (Å²) >= 11 is 4.93. The number of amides is 2. The van der Waals surface area contributed by atoms with Gasteiger partial charge in [-0.1, -0.05) is 6.92 Å². The van der Waals surface area contributed by atoms with Crippen LogP contribution < -0.4 is 16.2 Å². The van der Waals surface area contributed by atoms with Crippen LogP contribution in [0.3, 0.4) is 0 Å². The number of nitrogens with one attached hydrogen (secondary N) is 4. The zero-order chi connectivity index (χ0) is 17.9. The molecule has 7 nitrogen and oxygen atoms in total.